The van der Waals surface area contributed by atoms with Gasteiger partial charge in [-0.2, -0.15) is 13.1 Å². The molecule has 0 heterocycles. The molecule has 0 spiro atoms. The van der Waals surface area contributed by atoms with Gasteiger partial charge in [0, 0.05) is 149 Å². The summed E-state index contributed by atoms with van der Waals surface area (Å²) in [5, 5.41) is 51.9. The van der Waals surface area contributed by atoms with Gasteiger partial charge >= 0.3 is 57.5 Å². The molecule has 0 bridgehead atoms. The van der Waals surface area contributed by atoms with E-state index < -0.39 is 53.4 Å². The Morgan fingerprint density at radius 2 is 0.796 bits per heavy atom. The number of hydrogen-bond acceptors (Lipinski definition) is 14. The zero-order chi connectivity index (χ0) is 43.2. The van der Waals surface area contributed by atoms with Gasteiger partial charge in [0.2, 0.25) is 0 Å². The van der Waals surface area contributed by atoms with Gasteiger partial charge in [-0.3, -0.25) is 28.8 Å². The summed E-state index contributed by atoms with van der Waals surface area (Å²) < 4.78 is 31.6. The first-order chi connectivity index (χ1) is 23.9. The molecule has 0 atom stereocenters. The quantitative estimate of drug-likeness (QED) is 0.0719. The zero-order valence-corrected chi connectivity index (χ0v) is 39.9. The fourth-order valence-corrected chi connectivity index (χ4v) is 5.79. The summed E-state index contributed by atoms with van der Waals surface area (Å²) in [6, 6.07) is 1.60. The molecule has 0 aromatic heterocycles. The largest absolute Gasteiger partial charge is 2.00 e. The summed E-state index contributed by atoms with van der Waals surface area (Å²) in [6.45, 7) is 10.7. The normalized spacial score (nSPS) is 9.00. The predicted molar refractivity (Wildman–Crippen MR) is 196 cm³/mol. The first-order valence-corrected chi connectivity index (χ1v) is 18.9. The van der Waals surface area contributed by atoms with E-state index in [1.165, 1.54) is 0 Å². The maximum absolute atomic E-state index is 9.00. The molecule has 0 aliphatic heterocycles. The molecular weight excluding hydrogens is 1050 g/mol. The van der Waals surface area contributed by atoms with E-state index >= 15 is 0 Å². The smallest absolute Gasteiger partial charge is 0.679 e. The molecule has 330 valence electrons. The van der Waals surface area contributed by atoms with E-state index in [9.17, 15) is 0 Å². The summed E-state index contributed by atoms with van der Waals surface area (Å²) in [7, 11) is 4.99. The first-order valence-electron chi connectivity index (χ1n) is 15.0. The van der Waals surface area contributed by atoms with E-state index in [0.717, 1.165) is 86.1 Å². The van der Waals surface area contributed by atoms with Crippen LogP contribution in [0.15, 0.2) is 0 Å². The molecule has 0 aliphatic carbocycles. The van der Waals surface area contributed by atoms with Crippen molar-refractivity contribution in [3.63, 3.8) is 0 Å². The van der Waals surface area contributed by atoms with Gasteiger partial charge in [-0.25, -0.2) is 0 Å². The molecule has 10 N–H and O–H groups in total. The molecule has 0 amide bonds. The van der Waals surface area contributed by atoms with Crippen molar-refractivity contribution < 1.29 is 166 Å². The standard InChI is InChI=1S/C8H22N2O3Si.C8H20N2O3Si.6C2H4O2.2Gd/c2*1-11-14(12-2,13-3)8-4-6-10-7-5-9;6*1-2(3)4;;/h10H,4-9H2,1-3H3;9H,4-8H2,1-3H3;6*1H3,(H,3,4);;/q;-2;;;;;;;;+2. The number of hydrogen-bond donors (Lipinski definition) is 8. The second-order valence-electron chi connectivity index (χ2n) is 8.87. The minimum absolute atomic E-state index is 0. The molecule has 26 heteroatoms. The van der Waals surface area contributed by atoms with Gasteiger partial charge < -0.3 is 79.3 Å². The van der Waals surface area contributed by atoms with E-state index in [4.69, 9.17) is 97.4 Å². The Bertz CT molecular complexity index is 687. The molecule has 0 fully saturated rings. The van der Waals surface area contributed by atoms with E-state index in [-0.39, 0.29) is 79.9 Å². The van der Waals surface area contributed by atoms with Crippen molar-refractivity contribution in [1.82, 2.24) is 5.32 Å². The number of rotatable bonds is 18. The van der Waals surface area contributed by atoms with E-state index in [2.05, 4.69) is 10.6 Å². The fourth-order valence-electron chi connectivity index (χ4n) is 2.37. The molecule has 0 saturated carbocycles. The van der Waals surface area contributed by atoms with Crippen LogP contribution in [0.5, 0.6) is 0 Å². The van der Waals surface area contributed by atoms with Crippen LogP contribution in [0.2, 0.25) is 12.1 Å². The van der Waals surface area contributed by atoms with Crippen molar-refractivity contribution in [1.29, 1.82) is 0 Å². The Balaban J connectivity index is -0.0000000555. The van der Waals surface area contributed by atoms with Crippen LogP contribution >= 0.6 is 0 Å². The van der Waals surface area contributed by atoms with Crippen LogP contribution in [0.3, 0.4) is 0 Å². The Labute approximate surface area is 386 Å². The molecule has 0 aromatic carbocycles. The molecular formula is C28H66Gd2N4O18Si2. The molecule has 0 aliphatic rings. The third-order valence-electron chi connectivity index (χ3n) is 4.09. The van der Waals surface area contributed by atoms with Gasteiger partial charge in [0.1, 0.15) is 0 Å². The SMILES string of the molecule is CC(=O)O.CC(=O)O.CC(=O)O.CC(=O)O.CC(=O)O.CC(=O)O.CO[Si](CCCNCCN)(OC)OC.CO[Si](CCC[N-]CC[NH-])(OC)OC.[Gd+2].[Gd]. The monoisotopic (exact) mass is 1120 g/mol. The van der Waals surface area contributed by atoms with Crippen LogP contribution in [0.4, 0.5) is 0 Å². The molecule has 54 heavy (non-hydrogen) atoms. The van der Waals surface area contributed by atoms with Crippen LogP contribution < -0.4 is 11.1 Å². The van der Waals surface area contributed by atoms with Gasteiger partial charge in [-0.05, 0) is 13.0 Å². The minimum Gasteiger partial charge on any atom is -0.679 e. The Hall–Kier alpha value is -0.497. The molecule has 0 saturated heterocycles. The van der Waals surface area contributed by atoms with Crippen molar-refractivity contribution in [3.8, 4) is 0 Å². The minimum atomic E-state index is -2.38. The zero-order valence-electron chi connectivity index (χ0n) is 33.4. The van der Waals surface area contributed by atoms with Gasteiger partial charge in [0.25, 0.3) is 35.8 Å². The third-order valence-corrected chi connectivity index (χ3v) is 9.76. The molecule has 22 nitrogen and oxygen atoms in total. The topological polar surface area (TPSA) is 355 Å². The van der Waals surface area contributed by atoms with Crippen molar-refractivity contribution in [3.05, 3.63) is 11.1 Å². The fraction of sp³-hybridized carbons (Fsp3) is 0.786. The van der Waals surface area contributed by atoms with Crippen LogP contribution in [0.1, 0.15) is 54.4 Å². The third kappa shape index (κ3) is 117. The van der Waals surface area contributed by atoms with Crippen LogP contribution in [0.25, 0.3) is 11.1 Å². The van der Waals surface area contributed by atoms with Crippen LogP contribution in [-0.2, 0) is 55.3 Å². The van der Waals surface area contributed by atoms with Gasteiger partial charge in [0.15, 0.2) is 0 Å². The summed E-state index contributed by atoms with van der Waals surface area (Å²) >= 11 is 0. The maximum atomic E-state index is 9.00. The van der Waals surface area contributed by atoms with Crippen LogP contribution in [-0.4, -0.2) is 166 Å². The first kappa shape index (κ1) is 77.9. The van der Waals surface area contributed by atoms with Crippen molar-refractivity contribution in [2.75, 3.05) is 81.9 Å². The summed E-state index contributed by atoms with van der Waals surface area (Å²) in [5.74, 6) is -5.00. The van der Waals surface area contributed by atoms with E-state index in [0.29, 0.717) is 19.6 Å². The van der Waals surface area contributed by atoms with Gasteiger partial charge in [0.05, 0.1) is 0 Å². The second-order valence-corrected chi connectivity index (χ2v) is 15.1. The summed E-state index contributed by atoms with van der Waals surface area (Å²) in [6.07, 6.45) is 1.86. The van der Waals surface area contributed by atoms with Gasteiger partial charge in [-0.15, -0.1) is 6.54 Å². The number of carbonyl (C=O) groups is 6. The molecule has 0 rings (SSSR count). The number of carboxylic acid groups (broad SMARTS) is 6. The van der Waals surface area contributed by atoms with Crippen LogP contribution in [0, 0.1) is 79.9 Å². The second kappa shape index (κ2) is 61.7. The van der Waals surface area contributed by atoms with E-state index in [1.807, 2.05) is 0 Å². The van der Waals surface area contributed by atoms with E-state index in [1.54, 1.807) is 42.7 Å². The van der Waals surface area contributed by atoms with Crippen molar-refractivity contribution in [2.24, 2.45) is 5.73 Å². The average Bonchev–Trinajstić information content (AvgIpc) is 3.00. The Morgan fingerprint density at radius 3 is 1.00 bits per heavy atom. The summed E-state index contributed by atoms with van der Waals surface area (Å²) in [5.41, 5.74) is 12.3. The summed E-state index contributed by atoms with van der Waals surface area (Å²) in [4.78, 5) is 54.0. The number of nitrogens with two attached hydrogens (primary N) is 1. The molecule has 0 radical (unpaired) electrons. The molecule has 0 unspecified atom stereocenters. The number of nitrogens with one attached hydrogen (secondary N) is 2. The Kier molecular flexibility index (Phi) is 89.1. The number of nitrogens with zero attached hydrogens (tertiary/aromatic N) is 1. The van der Waals surface area contributed by atoms with Crippen molar-refractivity contribution in [2.45, 2.75) is 66.5 Å². The maximum Gasteiger partial charge on any atom is 2.00 e. The molecule has 0 aromatic rings. The van der Waals surface area contributed by atoms with Gasteiger partial charge in [-0.1, -0.05) is 6.42 Å². The predicted octanol–water partition coefficient (Wildman–Crippen LogP) is 2.03. The Morgan fingerprint density at radius 1 is 0.556 bits per heavy atom. The average molecular weight is 1120 g/mol. The van der Waals surface area contributed by atoms with Crippen molar-refractivity contribution >= 4 is 53.4 Å². The number of carboxylic acids is 6. The number of aliphatic carboxylic acids is 6.